The van der Waals surface area contributed by atoms with Gasteiger partial charge in [-0.15, -0.1) is 0 Å². The van der Waals surface area contributed by atoms with Gasteiger partial charge in [-0.2, -0.15) is 4.98 Å². The van der Waals surface area contributed by atoms with Gasteiger partial charge in [-0.3, -0.25) is 24.8 Å². The maximum atomic E-state index is 15.2. The van der Waals surface area contributed by atoms with E-state index in [0.717, 1.165) is 109 Å². The number of nitrogens with zero attached hydrogens (tertiary/aromatic N) is 7. The lowest BCUT2D eigenvalue weighted by molar-refractivity contribution is -0.134. The zero-order valence-corrected chi connectivity index (χ0v) is 42.7. The van der Waals surface area contributed by atoms with Crippen molar-refractivity contribution >= 4 is 85.6 Å². The molecule has 1 atom stereocenters. The molecule has 4 fully saturated rings. The molecule has 2 aromatic heterocycles. The maximum Gasteiger partial charge on any atom is 0.234 e. The van der Waals surface area contributed by atoms with Crippen molar-refractivity contribution in [3.05, 3.63) is 87.9 Å². The molecule has 0 radical (unpaired) electrons. The number of pyridine rings is 1. The van der Waals surface area contributed by atoms with E-state index in [-0.39, 0.29) is 23.9 Å². The number of benzene rings is 3. The van der Waals surface area contributed by atoms with Gasteiger partial charge in [-0.1, -0.05) is 19.1 Å². The summed E-state index contributed by atoms with van der Waals surface area (Å²) >= 11 is 3.56. The Balaban J connectivity index is 0.754. The number of piperidine rings is 3. The quantitative estimate of drug-likeness (QED) is 0.0719. The molecule has 14 nitrogen and oxygen atoms in total. The van der Waals surface area contributed by atoms with Crippen LogP contribution in [-0.4, -0.2) is 122 Å². The second-order valence-corrected chi connectivity index (χ2v) is 23.3. The van der Waals surface area contributed by atoms with Crippen LogP contribution in [0.5, 0.6) is 5.75 Å². The number of hydrogen-bond acceptors (Lipinski definition) is 13. The number of nitrogens with one attached hydrogen (secondary N) is 3. The van der Waals surface area contributed by atoms with Crippen molar-refractivity contribution in [3.63, 3.8) is 0 Å². The Hall–Kier alpha value is -5.29. The maximum absolute atomic E-state index is 15.2. The van der Waals surface area contributed by atoms with Crippen LogP contribution in [0.2, 0.25) is 0 Å². The van der Waals surface area contributed by atoms with Crippen LogP contribution in [-0.2, 0) is 20.6 Å². The number of piperazine rings is 1. The van der Waals surface area contributed by atoms with Crippen LogP contribution in [0.4, 0.5) is 47.7 Å². The Morgan fingerprint density at radius 1 is 0.843 bits per heavy atom. The average molecular weight is 1050 g/mol. The van der Waals surface area contributed by atoms with Crippen molar-refractivity contribution in [2.45, 2.75) is 70.3 Å². The van der Waals surface area contributed by atoms with Gasteiger partial charge in [0.05, 0.1) is 35.1 Å². The van der Waals surface area contributed by atoms with Crippen LogP contribution >= 0.6 is 23.1 Å². The van der Waals surface area contributed by atoms with Gasteiger partial charge in [-0.25, -0.2) is 18.2 Å². The molecule has 3 N–H and O–H groups in total. The smallest absolute Gasteiger partial charge is 0.234 e. The van der Waals surface area contributed by atoms with E-state index in [2.05, 4.69) is 75.6 Å². The Morgan fingerprint density at radius 2 is 1.56 bits per heavy atom. The molecular weight excluding hydrogens is 984 g/mol. The average Bonchev–Trinajstić information content (AvgIpc) is 3.34. The summed E-state index contributed by atoms with van der Waals surface area (Å²) in [4.78, 5) is 47.3. The molecule has 19 heteroatoms. The highest BCUT2D eigenvalue weighted by atomic mass is 79.9. The van der Waals surface area contributed by atoms with Gasteiger partial charge in [0.15, 0.2) is 0 Å². The summed E-state index contributed by atoms with van der Waals surface area (Å²) in [5.74, 6) is -2.03. The van der Waals surface area contributed by atoms with Gasteiger partial charge in [0.2, 0.25) is 17.8 Å². The molecule has 372 valence electrons. The van der Waals surface area contributed by atoms with Gasteiger partial charge in [0.25, 0.3) is 0 Å². The molecule has 4 saturated heterocycles. The first kappa shape index (κ1) is 49.7. The highest BCUT2D eigenvalue weighted by molar-refractivity contribution is 9.10. The highest BCUT2D eigenvalue weighted by Crippen LogP contribution is 2.43. The number of hydrogen-bond donors (Lipinski definition) is 3. The molecule has 0 saturated carbocycles. The molecule has 6 heterocycles. The van der Waals surface area contributed by atoms with Crippen molar-refractivity contribution < 1.29 is 32.1 Å². The summed E-state index contributed by atoms with van der Waals surface area (Å²) in [6.07, 6.45) is 9.29. The molecule has 4 aliphatic heterocycles. The molecule has 0 aliphatic carbocycles. The van der Waals surface area contributed by atoms with Crippen LogP contribution in [0, 0.1) is 23.4 Å². The summed E-state index contributed by atoms with van der Waals surface area (Å²) in [6.45, 7) is 14.1. The van der Waals surface area contributed by atoms with E-state index in [1.54, 1.807) is 38.8 Å². The third-order valence-electron chi connectivity index (χ3n) is 14.6. The Labute approximate surface area is 415 Å². The molecule has 4 aliphatic rings. The van der Waals surface area contributed by atoms with Gasteiger partial charge in [0.1, 0.15) is 41.7 Å². The first-order valence-corrected chi connectivity index (χ1v) is 27.8. The van der Waals surface area contributed by atoms with Crippen molar-refractivity contribution in [1.29, 1.82) is 0 Å². The van der Waals surface area contributed by atoms with Crippen molar-refractivity contribution in [1.82, 2.24) is 30.1 Å². The summed E-state index contributed by atoms with van der Waals surface area (Å²) in [5.41, 5.74) is 3.96. The Morgan fingerprint density at radius 3 is 2.23 bits per heavy atom. The van der Waals surface area contributed by atoms with E-state index in [9.17, 15) is 18.5 Å². The van der Waals surface area contributed by atoms with E-state index < -0.39 is 42.3 Å². The second-order valence-electron chi connectivity index (χ2n) is 19.3. The molecule has 0 bridgehead atoms. The molecule has 1 unspecified atom stereocenters. The molecule has 5 aromatic rings. The third kappa shape index (κ3) is 10.8. The predicted octanol–water partition coefficient (Wildman–Crippen LogP) is 8.92. The monoisotopic (exact) mass is 1040 g/mol. The van der Waals surface area contributed by atoms with Crippen LogP contribution in [0.3, 0.4) is 0 Å². The van der Waals surface area contributed by atoms with Crippen molar-refractivity contribution in [3.8, 4) is 5.75 Å². The normalized spacial score (nSPS) is 19.2. The Bertz CT molecular complexity index is 2790. The minimum Gasteiger partial charge on any atom is -0.494 e. The number of anilines is 6. The lowest BCUT2D eigenvalue weighted by atomic mass is 9.89. The molecule has 2 amide bonds. The number of ether oxygens (including phenoxy) is 1. The number of halogens is 4. The number of aromatic nitrogens is 3. The molecule has 70 heavy (non-hydrogen) atoms. The van der Waals surface area contributed by atoms with Gasteiger partial charge in [0, 0.05) is 105 Å². The van der Waals surface area contributed by atoms with E-state index in [0.29, 0.717) is 56.0 Å². The van der Waals surface area contributed by atoms with Crippen LogP contribution < -0.4 is 35.8 Å². The molecular formula is C51H61BrF3N10O4P. The summed E-state index contributed by atoms with van der Waals surface area (Å²) < 4.78 is 65.2. The standard InChI is InChI=1S/C51H61BrF3N10O4P/c1-5-32-25-41(59-51-57-29-37(52)49(61-51)58-42-30-56-47-36(7-6-8-38(47)53)48(42)70(3,4)68)44(69-2)28-43(32)65-19-14-33(15-20-65)64-23-21-62(22-24-64)16-11-31-12-17-63(18-13-31)34-26-39(54)46(40(55)27-34)35-9-10-45(66)60-50(35)67/h6-8,25-31,33,35H,5,9-24H2,1-4H3,(H,60,66,67)(H2,57,58,59,61). The first-order valence-electron chi connectivity index (χ1n) is 24.4. The minimum absolute atomic E-state index is 0.0663. The number of amides is 2. The number of fused-ring (bicyclic) bond motifs is 1. The number of imide groups is 1. The number of para-hydroxylation sites is 1. The summed E-state index contributed by atoms with van der Waals surface area (Å²) in [6, 6.07) is 12.1. The van der Waals surface area contributed by atoms with E-state index in [1.807, 2.05) is 4.90 Å². The van der Waals surface area contributed by atoms with E-state index >= 15 is 8.78 Å². The Kier molecular flexibility index (Phi) is 15.0. The zero-order chi connectivity index (χ0) is 49.3. The van der Waals surface area contributed by atoms with Crippen molar-refractivity contribution in [2.75, 3.05) is 99.8 Å². The SMILES string of the molecule is CCc1cc(Nc2ncc(Br)c(Nc3cnc4c(F)cccc4c3P(C)(C)=O)n2)c(OC)cc1N1CCC(N2CCN(CCC3CCN(c4cc(F)c(C5CCC(=O)NC5=O)c(F)c4)CC3)CC2)CC1. The largest absolute Gasteiger partial charge is 0.494 e. The lowest BCUT2D eigenvalue weighted by Gasteiger charge is -2.44. The van der Waals surface area contributed by atoms with Crippen LogP contribution in [0.25, 0.3) is 10.9 Å². The van der Waals surface area contributed by atoms with Gasteiger partial charge in [-0.05, 0) is 116 Å². The highest BCUT2D eigenvalue weighted by Gasteiger charge is 2.34. The van der Waals surface area contributed by atoms with Gasteiger partial charge >= 0.3 is 0 Å². The zero-order valence-electron chi connectivity index (χ0n) is 40.2. The van der Waals surface area contributed by atoms with E-state index in [4.69, 9.17) is 9.72 Å². The van der Waals surface area contributed by atoms with Crippen molar-refractivity contribution in [2.24, 2.45) is 5.92 Å². The molecule has 3 aromatic carbocycles. The molecule has 0 spiro atoms. The first-order chi connectivity index (χ1) is 33.7. The fraction of sp³-hybridized carbons (Fsp3) is 0.471. The second kappa shape index (κ2) is 21.2. The number of carbonyl (C=O) groups is 2. The van der Waals surface area contributed by atoms with Gasteiger partial charge < -0.3 is 34.6 Å². The fourth-order valence-electron chi connectivity index (χ4n) is 10.8. The summed E-state index contributed by atoms with van der Waals surface area (Å²) in [5, 5.41) is 9.83. The lowest BCUT2D eigenvalue weighted by Crippen LogP contribution is -2.53. The minimum atomic E-state index is -2.90. The number of rotatable bonds is 14. The summed E-state index contributed by atoms with van der Waals surface area (Å²) in [7, 11) is -1.24. The fourth-order valence-corrected chi connectivity index (χ4v) is 12.5. The molecule has 9 rings (SSSR count). The third-order valence-corrected chi connectivity index (χ3v) is 16.7. The topological polar surface area (TPSA) is 148 Å². The predicted molar refractivity (Wildman–Crippen MR) is 274 cm³/mol. The van der Waals surface area contributed by atoms with E-state index in [1.165, 1.54) is 30.0 Å². The number of aryl methyl sites for hydroxylation is 1. The van der Waals surface area contributed by atoms with Crippen LogP contribution in [0.15, 0.2) is 59.3 Å². The number of methoxy groups -OCH3 is 1. The number of carbonyl (C=O) groups excluding carboxylic acids is 2. The van der Waals surface area contributed by atoms with Crippen LogP contribution in [0.1, 0.15) is 68.9 Å².